The minimum Gasteiger partial charge on any atom is -0.378 e. The number of hydrogen-bond donors (Lipinski definition) is 1. The van der Waals surface area contributed by atoms with Crippen molar-refractivity contribution in [2.75, 3.05) is 38.6 Å². The molecule has 4 nitrogen and oxygen atoms in total. The highest BCUT2D eigenvalue weighted by Gasteiger charge is 2.31. The van der Waals surface area contributed by atoms with Gasteiger partial charge in [0.25, 0.3) is 5.91 Å². The lowest BCUT2D eigenvalue weighted by Gasteiger charge is -2.28. The SMILES string of the molecule is CN(C)c1ccc([C@@H](CNC(=O)c2cccc(C(F)(F)F)c2)N2CCCC2)cc1. The van der Waals surface area contributed by atoms with Gasteiger partial charge in [0.1, 0.15) is 0 Å². The first-order valence-corrected chi connectivity index (χ1v) is 9.72. The summed E-state index contributed by atoms with van der Waals surface area (Å²) in [5.41, 5.74) is 1.37. The van der Waals surface area contributed by atoms with Crippen LogP contribution in [0.15, 0.2) is 48.5 Å². The molecule has 7 heteroatoms. The van der Waals surface area contributed by atoms with E-state index in [4.69, 9.17) is 0 Å². The Kier molecular flexibility index (Phi) is 6.47. The van der Waals surface area contributed by atoms with Crippen LogP contribution in [0.25, 0.3) is 0 Å². The fourth-order valence-electron chi connectivity index (χ4n) is 3.63. The highest BCUT2D eigenvalue weighted by molar-refractivity contribution is 5.94. The van der Waals surface area contributed by atoms with Crippen LogP contribution in [0.5, 0.6) is 0 Å². The first-order valence-electron chi connectivity index (χ1n) is 9.72. The molecule has 0 spiro atoms. The van der Waals surface area contributed by atoms with Crippen molar-refractivity contribution < 1.29 is 18.0 Å². The van der Waals surface area contributed by atoms with Crippen LogP contribution in [0, 0.1) is 0 Å². The van der Waals surface area contributed by atoms with Crippen molar-refractivity contribution in [1.29, 1.82) is 0 Å². The third-order valence-electron chi connectivity index (χ3n) is 5.28. The average Bonchev–Trinajstić information content (AvgIpc) is 3.22. The van der Waals surface area contributed by atoms with Crippen LogP contribution in [0.2, 0.25) is 0 Å². The smallest absolute Gasteiger partial charge is 0.378 e. The highest BCUT2D eigenvalue weighted by Crippen LogP contribution is 2.30. The number of hydrogen-bond acceptors (Lipinski definition) is 3. The Bertz CT molecular complexity index is 828. The lowest BCUT2D eigenvalue weighted by molar-refractivity contribution is -0.137. The summed E-state index contributed by atoms with van der Waals surface area (Å²) in [5.74, 6) is -0.495. The molecule has 1 aliphatic heterocycles. The second-order valence-electron chi connectivity index (χ2n) is 7.53. The highest BCUT2D eigenvalue weighted by atomic mass is 19.4. The van der Waals surface area contributed by atoms with Gasteiger partial charge in [0, 0.05) is 31.9 Å². The molecule has 1 aliphatic rings. The van der Waals surface area contributed by atoms with Gasteiger partial charge in [-0.05, 0) is 61.8 Å². The maximum atomic E-state index is 12.9. The largest absolute Gasteiger partial charge is 0.416 e. The van der Waals surface area contributed by atoms with E-state index < -0.39 is 17.6 Å². The molecule has 0 aromatic heterocycles. The zero-order chi connectivity index (χ0) is 21.0. The zero-order valence-corrected chi connectivity index (χ0v) is 16.7. The summed E-state index contributed by atoms with van der Waals surface area (Å²) < 4.78 is 38.8. The molecule has 0 aliphatic carbocycles. The average molecular weight is 405 g/mol. The van der Waals surface area contributed by atoms with Gasteiger partial charge in [0.15, 0.2) is 0 Å². The third-order valence-corrected chi connectivity index (χ3v) is 5.28. The summed E-state index contributed by atoms with van der Waals surface area (Å²) in [4.78, 5) is 16.8. The quantitative estimate of drug-likeness (QED) is 0.777. The topological polar surface area (TPSA) is 35.6 Å². The second-order valence-corrected chi connectivity index (χ2v) is 7.53. The summed E-state index contributed by atoms with van der Waals surface area (Å²) in [6.07, 6.45) is -2.26. The summed E-state index contributed by atoms with van der Waals surface area (Å²) in [5, 5.41) is 2.83. The van der Waals surface area contributed by atoms with Crippen molar-refractivity contribution in [2.45, 2.75) is 25.1 Å². The van der Waals surface area contributed by atoms with Crippen molar-refractivity contribution in [3.05, 3.63) is 65.2 Å². The van der Waals surface area contributed by atoms with Gasteiger partial charge in [-0.2, -0.15) is 13.2 Å². The number of nitrogens with zero attached hydrogens (tertiary/aromatic N) is 2. The molecule has 1 heterocycles. The van der Waals surface area contributed by atoms with Crippen molar-refractivity contribution >= 4 is 11.6 Å². The number of rotatable bonds is 6. The number of anilines is 1. The Morgan fingerprint density at radius 2 is 1.76 bits per heavy atom. The molecule has 0 saturated carbocycles. The Labute approximate surface area is 169 Å². The molecule has 1 atom stereocenters. The fourth-order valence-corrected chi connectivity index (χ4v) is 3.63. The van der Waals surface area contributed by atoms with Crippen molar-refractivity contribution in [1.82, 2.24) is 10.2 Å². The number of carbonyl (C=O) groups excluding carboxylic acids is 1. The molecule has 2 aromatic carbocycles. The fraction of sp³-hybridized carbons (Fsp3) is 0.409. The molecule has 156 valence electrons. The Balaban J connectivity index is 1.74. The molecule has 1 saturated heterocycles. The molecule has 0 radical (unpaired) electrons. The minimum atomic E-state index is -4.47. The van der Waals surface area contributed by atoms with Gasteiger partial charge >= 0.3 is 6.18 Å². The van der Waals surface area contributed by atoms with Crippen LogP contribution in [-0.2, 0) is 6.18 Å². The molecule has 29 heavy (non-hydrogen) atoms. The molecule has 1 amide bonds. The van der Waals surface area contributed by atoms with E-state index in [0.717, 1.165) is 49.3 Å². The Morgan fingerprint density at radius 1 is 1.10 bits per heavy atom. The normalized spacial score (nSPS) is 15.9. The first kappa shape index (κ1) is 21.2. The first-order chi connectivity index (χ1) is 13.8. The maximum absolute atomic E-state index is 12.9. The lowest BCUT2D eigenvalue weighted by Crippen LogP contribution is -2.36. The van der Waals surface area contributed by atoms with Crippen LogP contribution >= 0.6 is 0 Å². The van der Waals surface area contributed by atoms with E-state index in [2.05, 4.69) is 22.3 Å². The van der Waals surface area contributed by atoms with Crippen LogP contribution < -0.4 is 10.2 Å². The third kappa shape index (κ3) is 5.29. The number of benzene rings is 2. The van der Waals surface area contributed by atoms with Crippen LogP contribution in [-0.4, -0.2) is 44.5 Å². The maximum Gasteiger partial charge on any atom is 0.416 e. The standard InChI is InChI=1S/C22H26F3N3O/c1-27(2)19-10-8-16(9-11-19)20(28-12-3-4-13-28)15-26-21(29)17-6-5-7-18(14-17)22(23,24)25/h5-11,14,20H,3-4,12-13,15H2,1-2H3,(H,26,29)/t20-/m1/s1. The van der Waals surface area contributed by atoms with Gasteiger partial charge < -0.3 is 10.2 Å². The van der Waals surface area contributed by atoms with Gasteiger partial charge in [-0.1, -0.05) is 18.2 Å². The molecule has 0 bridgehead atoms. The predicted octanol–water partition coefficient (Wildman–Crippen LogP) is 4.34. The van der Waals surface area contributed by atoms with E-state index in [0.29, 0.717) is 6.54 Å². The molecular formula is C22H26F3N3O. The number of alkyl halides is 3. The van der Waals surface area contributed by atoms with Crippen LogP contribution in [0.1, 0.15) is 40.4 Å². The zero-order valence-electron chi connectivity index (χ0n) is 16.7. The van der Waals surface area contributed by atoms with E-state index >= 15 is 0 Å². The predicted molar refractivity (Wildman–Crippen MR) is 108 cm³/mol. The van der Waals surface area contributed by atoms with E-state index in [1.54, 1.807) is 0 Å². The van der Waals surface area contributed by atoms with Crippen LogP contribution in [0.4, 0.5) is 18.9 Å². The van der Waals surface area contributed by atoms with Gasteiger partial charge in [0.2, 0.25) is 0 Å². The summed E-state index contributed by atoms with van der Waals surface area (Å²) in [6, 6.07) is 12.7. The second kappa shape index (κ2) is 8.86. The number of nitrogens with one attached hydrogen (secondary N) is 1. The van der Waals surface area contributed by atoms with E-state index in [-0.39, 0.29) is 11.6 Å². The van der Waals surface area contributed by atoms with E-state index in [1.165, 1.54) is 12.1 Å². The molecule has 2 aromatic rings. The van der Waals surface area contributed by atoms with Crippen molar-refractivity contribution in [2.24, 2.45) is 0 Å². The van der Waals surface area contributed by atoms with Crippen molar-refractivity contribution in [3.63, 3.8) is 0 Å². The molecule has 1 N–H and O–H groups in total. The molecule has 1 fully saturated rings. The van der Waals surface area contributed by atoms with E-state index in [9.17, 15) is 18.0 Å². The summed E-state index contributed by atoms with van der Waals surface area (Å²) in [7, 11) is 3.95. The number of carbonyl (C=O) groups is 1. The van der Waals surface area contributed by atoms with Gasteiger partial charge in [0.05, 0.1) is 11.6 Å². The van der Waals surface area contributed by atoms with Gasteiger partial charge in [-0.15, -0.1) is 0 Å². The molecular weight excluding hydrogens is 379 g/mol. The number of likely N-dealkylation sites (tertiary alicyclic amines) is 1. The number of halogens is 3. The lowest BCUT2D eigenvalue weighted by atomic mass is 10.0. The molecule has 0 unspecified atom stereocenters. The summed E-state index contributed by atoms with van der Waals surface area (Å²) >= 11 is 0. The molecule has 3 rings (SSSR count). The minimum absolute atomic E-state index is 0.0107. The van der Waals surface area contributed by atoms with Crippen molar-refractivity contribution in [3.8, 4) is 0 Å². The Hall–Kier alpha value is -2.54. The van der Waals surface area contributed by atoms with Gasteiger partial charge in [-0.3, -0.25) is 9.69 Å². The van der Waals surface area contributed by atoms with Crippen LogP contribution in [0.3, 0.4) is 0 Å². The monoisotopic (exact) mass is 405 g/mol. The summed E-state index contributed by atoms with van der Waals surface area (Å²) in [6.45, 7) is 2.23. The number of amides is 1. The Morgan fingerprint density at radius 3 is 2.34 bits per heavy atom. The van der Waals surface area contributed by atoms with E-state index in [1.807, 2.05) is 31.1 Å². The van der Waals surface area contributed by atoms with Gasteiger partial charge in [-0.25, -0.2) is 0 Å².